The lowest BCUT2D eigenvalue weighted by Crippen LogP contribution is -2.19. The zero-order valence-electron chi connectivity index (χ0n) is 8.92. The Morgan fingerprint density at radius 1 is 1.46 bits per heavy atom. The summed E-state index contributed by atoms with van der Waals surface area (Å²) in [6.45, 7) is 4.35. The fraction of sp³-hybridized carbons (Fsp3) is 0.909. The Balaban J connectivity index is 2.37. The molecule has 0 heterocycles. The van der Waals surface area contributed by atoms with Crippen LogP contribution in [0, 0.1) is 5.92 Å². The van der Waals surface area contributed by atoms with Gasteiger partial charge in [-0.05, 0) is 32.1 Å². The van der Waals surface area contributed by atoms with E-state index < -0.39 is 0 Å². The third-order valence-electron chi connectivity index (χ3n) is 2.96. The fourth-order valence-corrected chi connectivity index (χ4v) is 2.13. The minimum absolute atomic E-state index is 0.453. The van der Waals surface area contributed by atoms with Crippen LogP contribution in [-0.2, 0) is 0 Å². The number of hydrogen-bond donors (Lipinski definition) is 1. The van der Waals surface area contributed by atoms with Gasteiger partial charge >= 0.3 is 0 Å². The number of aliphatic imine (C=N–C) groups is 1. The molecule has 0 aromatic heterocycles. The van der Waals surface area contributed by atoms with E-state index in [2.05, 4.69) is 18.8 Å². The van der Waals surface area contributed by atoms with Crippen LogP contribution in [0.2, 0.25) is 0 Å². The van der Waals surface area contributed by atoms with Crippen molar-refractivity contribution in [3.63, 3.8) is 0 Å². The van der Waals surface area contributed by atoms with Gasteiger partial charge in [0.15, 0.2) is 0 Å². The lowest BCUT2D eigenvalue weighted by Gasteiger charge is -2.14. The van der Waals surface area contributed by atoms with Crippen LogP contribution < -0.4 is 5.73 Å². The molecule has 0 amide bonds. The quantitative estimate of drug-likeness (QED) is 0.527. The highest BCUT2D eigenvalue weighted by Crippen LogP contribution is 2.29. The van der Waals surface area contributed by atoms with Gasteiger partial charge in [0.25, 0.3) is 0 Å². The first-order chi connectivity index (χ1) is 6.24. The van der Waals surface area contributed by atoms with Crippen LogP contribution in [-0.4, -0.2) is 11.9 Å². The van der Waals surface area contributed by atoms with E-state index in [0.29, 0.717) is 6.04 Å². The van der Waals surface area contributed by atoms with Crippen molar-refractivity contribution in [2.45, 2.75) is 58.4 Å². The van der Waals surface area contributed by atoms with Crippen LogP contribution in [0.5, 0.6) is 0 Å². The monoisotopic (exact) mass is 182 g/mol. The zero-order valence-corrected chi connectivity index (χ0v) is 8.92. The van der Waals surface area contributed by atoms with Crippen LogP contribution >= 0.6 is 0 Å². The largest absolute Gasteiger partial charge is 0.387 e. The molecule has 0 aliphatic heterocycles. The molecule has 1 atom stereocenters. The lowest BCUT2D eigenvalue weighted by molar-refractivity contribution is 0.459. The molecule has 2 heteroatoms. The second kappa shape index (κ2) is 5.25. The van der Waals surface area contributed by atoms with E-state index >= 15 is 0 Å². The average molecular weight is 182 g/mol. The number of rotatable bonds is 4. The van der Waals surface area contributed by atoms with Crippen molar-refractivity contribution in [2.75, 3.05) is 0 Å². The highest BCUT2D eigenvalue weighted by molar-refractivity contribution is 5.80. The van der Waals surface area contributed by atoms with Gasteiger partial charge in [-0.15, -0.1) is 0 Å². The Morgan fingerprint density at radius 3 is 2.62 bits per heavy atom. The van der Waals surface area contributed by atoms with E-state index in [1.807, 2.05) is 0 Å². The molecule has 0 aromatic carbocycles. The van der Waals surface area contributed by atoms with E-state index in [1.54, 1.807) is 0 Å². The number of amidine groups is 1. The van der Waals surface area contributed by atoms with Crippen LogP contribution in [0.15, 0.2) is 4.99 Å². The van der Waals surface area contributed by atoms with Crippen LogP contribution in [0.4, 0.5) is 0 Å². The molecular weight excluding hydrogens is 160 g/mol. The molecule has 1 fully saturated rings. The number of nitrogens with two attached hydrogens (primary N) is 1. The van der Waals surface area contributed by atoms with Crippen molar-refractivity contribution in [3.05, 3.63) is 0 Å². The summed E-state index contributed by atoms with van der Waals surface area (Å²) >= 11 is 0. The summed E-state index contributed by atoms with van der Waals surface area (Å²) in [5, 5.41) is 0. The van der Waals surface area contributed by atoms with Crippen LogP contribution in [0.3, 0.4) is 0 Å². The van der Waals surface area contributed by atoms with E-state index in [-0.39, 0.29) is 0 Å². The first-order valence-electron chi connectivity index (χ1n) is 5.56. The summed E-state index contributed by atoms with van der Waals surface area (Å²) in [6, 6.07) is 0.453. The van der Waals surface area contributed by atoms with Gasteiger partial charge in [0.1, 0.15) is 0 Å². The first-order valence-corrected chi connectivity index (χ1v) is 5.56. The summed E-state index contributed by atoms with van der Waals surface area (Å²) in [7, 11) is 0. The summed E-state index contributed by atoms with van der Waals surface area (Å²) in [5.41, 5.74) is 5.80. The van der Waals surface area contributed by atoms with Gasteiger partial charge in [0.05, 0.1) is 11.9 Å². The Bertz CT molecular complexity index is 169. The standard InChI is InChI=1S/C11H22N2/c1-3-6-11(12)13-9(2)10-7-4-5-8-10/h9-10H,3-8H2,1-2H3,(H2,12,13). The molecule has 2 nitrogen and oxygen atoms in total. The molecule has 13 heavy (non-hydrogen) atoms. The third-order valence-corrected chi connectivity index (χ3v) is 2.96. The zero-order chi connectivity index (χ0) is 9.68. The molecule has 0 bridgehead atoms. The lowest BCUT2D eigenvalue weighted by atomic mass is 10.0. The van der Waals surface area contributed by atoms with E-state index in [9.17, 15) is 0 Å². The van der Waals surface area contributed by atoms with E-state index in [0.717, 1.165) is 24.6 Å². The molecule has 1 aliphatic rings. The SMILES string of the molecule is CCCC(N)=NC(C)C1CCCC1. The minimum atomic E-state index is 0.453. The molecule has 2 N–H and O–H groups in total. The van der Waals surface area contributed by atoms with Crippen LogP contribution in [0.1, 0.15) is 52.4 Å². The molecule has 1 rings (SSSR count). The van der Waals surface area contributed by atoms with Gasteiger partial charge in [-0.25, -0.2) is 0 Å². The second-order valence-electron chi connectivity index (χ2n) is 4.16. The van der Waals surface area contributed by atoms with E-state index in [4.69, 9.17) is 5.73 Å². The molecule has 1 aliphatic carbocycles. The number of nitrogens with zero attached hydrogens (tertiary/aromatic N) is 1. The molecule has 1 saturated carbocycles. The molecule has 0 aromatic rings. The predicted octanol–water partition coefficient (Wildman–Crippen LogP) is 2.72. The first kappa shape index (κ1) is 10.6. The topological polar surface area (TPSA) is 38.4 Å². The summed E-state index contributed by atoms with van der Waals surface area (Å²) < 4.78 is 0. The maximum absolute atomic E-state index is 5.80. The predicted molar refractivity (Wildman–Crippen MR) is 58.0 cm³/mol. The Hall–Kier alpha value is -0.530. The Labute approximate surface area is 81.6 Å². The summed E-state index contributed by atoms with van der Waals surface area (Å²) in [4.78, 5) is 4.54. The fourth-order valence-electron chi connectivity index (χ4n) is 2.13. The minimum Gasteiger partial charge on any atom is -0.387 e. The maximum Gasteiger partial charge on any atom is 0.0940 e. The van der Waals surface area contributed by atoms with Gasteiger partial charge in [0.2, 0.25) is 0 Å². The van der Waals surface area contributed by atoms with Gasteiger partial charge in [-0.2, -0.15) is 0 Å². The highest BCUT2D eigenvalue weighted by atomic mass is 14.9. The van der Waals surface area contributed by atoms with Crippen molar-refractivity contribution in [1.29, 1.82) is 0 Å². The van der Waals surface area contributed by atoms with Gasteiger partial charge in [-0.1, -0.05) is 19.8 Å². The highest BCUT2D eigenvalue weighted by Gasteiger charge is 2.20. The molecule has 0 spiro atoms. The van der Waals surface area contributed by atoms with Crippen molar-refractivity contribution >= 4 is 5.84 Å². The van der Waals surface area contributed by atoms with Crippen LogP contribution in [0.25, 0.3) is 0 Å². The van der Waals surface area contributed by atoms with Crippen molar-refractivity contribution in [3.8, 4) is 0 Å². The third kappa shape index (κ3) is 3.37. The van der Waals surface area contributed by atoms with Gasteiger partial charge < -0.3 is 5.73 Å². The molecule has 1 unspecified atom stereocenters. The normalized spacial score (nSPS) is 22.2. The molecule has 76 valence electrons. The van der Waals surface area contributed by atoms with E-state index in [1.165, 1.54) is 25.7 Å². The Morgan fingerprint density at radius 2 is 2.08 bits per heavy atom. The van der Waals surface area contributed by atoms with Crippen molar-refractivity contribution in [2.24, 2.45) is 16.6 Å². The maximum atomic E-state index is 5.80. The Kier molecular flexibility index (Phi) is 4.26. The van der Waals surface area contributed by atoms with Gasteiger partial charge in [-0.3, -0.25) is 4.99 Å². The average Bonchev–Trinajstić information content (AvgIpc) is 2.55. The van der Waals surface area contributed by atoms with Crippen molar-refractivity contribution in [1.82, 2.24) is 0 Å². The second-order valence-corrected chi connectivity index (χ2v) is 4.16. The summed E-state index contributed by atoms with van der Waals surface area (Å²) in [5.74, 6) is 1.65. The molecule has 0 saturated heterocycles. The smallest absolute Gasteiger partial charge is 0.0940 e. The number of hydrogen-bond acceptors (Lipinski definition) is 1. The molecule has 0 radical (unpaired) electrons. The molecular formula is C11H22N2. The summed E-state index contributed by atoms with van der Waals surface area (Å²) in [6.07, 6.45) is 7.54. The van der Waals surface area contributed by atoms with Gasteiger partial charge in [0, 0.05) is 6.42 Å². The van der Waals surface area contributed by atoms with Crippen molar-refractivity contribution < 1.29 is 0 Å².